The van der Waals surface area contributed by atoms with Crippen LogP contribution in [0.2, 0.25) is 0 Å². The second-order valence-electron chi connectivity index (χ2n) is 4.42. The molecule has 1 aliphatic heterocycles. The summed E-state index contributed by atoms with van der Waals surface area (Å²) in [4.78, 5) is 4.12. The van der Waals surface area contributed by atoms with Gasteiger partial charge in [0.15, 0.2) is 17.3 Å². The number of pyridine rings is 1. The Hall–Kier alpha value is -2.96. The van der Waals surface area contributed by atoms with Crippen LogP contribution in [0.3, 0.4) is 0 Å². The smallest absolute Gasteiger partial charge is 0.231 e. The molecule has 4 N–H and O–H groups in total. The summed E-state index contributed by atoms with van der Waals surface area (Å²) in [6, 6.07) is 9.26. The normalized spacial score (nSPS) is 13.2. The van der Waals surface area contributed by atoms with Gasteiger partial charge in [-0.3, -0.25) is 4.98 Å². The number of fused-ring (bicyclic) bond motifs is 1. The van der Waals surface area contributed by atoms with Gasteiger partial charge in [-0.1, -0.05) is 11.2 Å². The molecule has 7 nitrogen and oxygen atoms in total. The zero-order valence-corrected chi connectivity index (χ0v) is 11.1. The van der Waals surface area contributed by atoms with Crippen molar-refractivity contribution < 1.29 is 14.7 Å². The third-order valence-electron chi connectivity index (χ3n) is 3.10. The average Bonchev–Trinajstić information content (AvgIpc) is 3.00. The van der Waals surface area contributed by atoms with Gasteiger partial charge in [0, 0.05) is 30.1 Å². The summed E-state index contributed by atoms with van der Waals surface area (Å²) < 4.78 is 10.6. The van der Waals surface area contributed by atoms with Crippen LogP contribution in [0.1, 0.15) is 11.3 Å². The molecule has 0 bridgehead atoms. The van der Waals surface area contributed by atoms with Crippen LogP contribution in [-0.4, -0.2) is 22.8 Å². The molecule has 21 heavy (non-hydrogen) atoms. The van der Waals surface area contributed by atoms with Crippen LogP contribution >= 0.6 is 0 Å². The van der Waals surface area contributed by atoms with Gasteiger partial charge in [0.25, 0.3) is 0 Å². The average molecular weight is 286 g/mol. The monoisotopic (exact) mass is 286 g/mol. The lowest BCUT2D eigenvalue weighted by molar-refractivity contribution is 0.174. The highest BCUT2D eigenvalue weighted by Crippen LogP contribution is 2.34. The molecule has 0 unspecified atom stereocenters. The van der Waals surface area contributed by atoms with Crippen molar-refractivity contribution in [2.24, 2.45) is 10.9 Å². The van der Waals surface area contributed by atoms with Crippen molar-refractivity contribution in [2.45, 2.75) is 6.54 Å². The number of nitrogens with one attached hydrogen (secondary N) is 1. The van der Waals surface area contributed by atoms with E-state index < -0.39 is 0 Å². The quantitative estimate of drug-likeness (QED) is 0.341. The highest BCUT2D eigenvalue weighted by Gasteiger charge is 2.13. The van der Waals surface area contributed by atoms with E-state index in [1.807, 2.05) is 24.3 Å². The minimum atomic E-state index is -0.0157. The fraction of sp³-hybridized carbons (Fsp3) is 0.143. The Labute approximate surface area is 121 Å². The molecule has 0 amide bonds. The van der Waals surface area contributed by atoms with Crippen molar-refractivity contribution in [1.29, 1.82) is 0 Å². The third kappa shape index (κ3) is 2.66. The zero-order chi connectivity index (χ0) is 14.7. The Balaban J connectivity index is 1.76. The minimum Gasteiger partial charge on any atom is -0.454 e. The molecule has 0 spiro atoms. The number of nitrogens with zero attached hydrogens (tertiary/aromatic N) is 2. The molecule has 1 aromatic heterocycles. The van der Waals surface area contributed by atoms with E-state index in [2.05, 4.69) is 15.5 Å². The molecular weight excluding hydrogens is 272 g/mol. The SMILES string of the molecule is NC(=NO)c1ncccc1CNc1ccc2c(c1)OCO2. The summed E-state index contributed by atoms with van der Waals surface area (Å²) in [7, 11) is 0. The maximum absolute atomic E-state index is 8.78. The molecule has 7 heteroatoms. The van der Waals surface area contributed by atoms with Crippen LogP contribution in [0.25, 0.3) is 0 Å². The highest BCUT2D eigenvalue weighted by molar-refractivity contribution is 5.96. The molecule has 1 aromatic carbocycles. The Kier molecular flexibility index (Phi) is 3.46. The molecule has 0 saturated carbocycles. The standard InChI is InChI=1S/C14H14N4O3/c15-14(18-19)13-9(2-1-5-16-13)7-17-10-3-4-11-12(6-10)21-8-20-11/h1-6,17,19H,7-8H2,(H2,15,18). The Bertz CT molecular complexity index is 688. The minimum absolute atomic E-state index is 0.0157. The molecule has 3 rings (SSSR count). The van der Waals surface area contributed by atoms with E-state index >= 15 is 0 Å². The predicted molar refractivity (Wildman–Crippen MR) is 76.6 cm³/mol. The van der Waals surface area contributed by atoms with Crippen LogP contribution in [0, 0.1) is 0 Å². The molecule has 2 aromatic rings. The lowest BCUT2D eigenvalue weighted by Crippen LogP contribution is -2.18. The molecule has 0 radical (unpaired) electrons. The summed E-state index contributed by atoms with van der Waals surface area (Å²) >= 11 is 0. The van der Waals surface area contributed by atoms with Crippen molar-refractivity contribution in [1.82, 2.24) is 4.98 Å². The maximum atomic E-state index is 8.78. The van der Waals surface area contributed by atoms with Crippen molar-refractivity contribution in [3.63, 3.8) is 0 Å². The van der Waals surface area contributed by atoms with Gasteiger partial charge in [-0.25, -0.2) is 0 Å². The van der Waals surface area contributed by atoms with Crippen molar-refractivity contribution in [3.05, 3.63) is 47.8 Å². The van der Waals surface area contributed by atoms with Crippen LogP contribution in [-0.2, 0) is 6.54 Å². The fourth-order valence-corrected chi connectivity index (χ4v) is 2.06. The van der Waals surface area contributed by atoms with Gasteiger partial charge >= 0.3 is 0 Å². The second-order valence-corrected chi connectivity index (χ2v) is 4.42. The lowest BCUT2D eigenvalue weighted by Gasteiger charge is -2.10. The maximum Gasteiger partial charge on any atom is 0.231 e. The van der Waals surface area contributed by atoms with E-state index in [0.29, 0.717) is 18.0 Å². The third-order valence-corrected chi connectivity index (χ3v) is 3.10. The topological polar surface area (TPSA) is 102 Å². The first-order valence-electron chi connectivity index (χ1n) is 6.33. The molecule has 2 heterocycles. The molecule has 0 atom stereocenters. The van der Waals surface area contributed by atoms with E-state index in [0.717, 1.165) is 17.0 Å². The van der Waals surface area contributed by atoms with Crippen LogP contribution in [0.15, 0.2) is 41.7 Å². The van der Waals surface area contributed by atoms with Crippen LogP contribution in [0.5, 0.6) is 11.5 Å². The number of nitrogens with two attached hydrogens (primary N) is 1. The van der Waals surface area contributed by atoms with E-state index in [1.54, 1.807) is 12.3 Å². The van der Waals surface area contributed by atoms with Gasteiger partial charge in [0.05, 0.1) is 0 Å². The number of oxime groups is 1. The lowest BCUT2D eigenvalue weighted by atomic mass is 10.1. The number of anilines is 1. The summed E-state index contributed by atoms with van der Waals surface area (Å²) in [6.45, 7) is 0.730. The van der Waals surface area contributed by atoms with Gasteiger partial charge in [-0.2, -0.15) is 0 Å². The molecule has 0 fully saturated rings. The van der Waals surface area contributed by atoms with E-state index in [9.17, 15) is 0 Å². The van der Waals surface area contributed by atoms with E-state index in [4.69, 9.17) is 20.4 Å². The molecule has 0 aliphatic carbocycles. The Morgan fingerprint density at radius 3 is 3.05 bits per heavy atom. The number of rotatable bonds is 4. The van der Waals surface area contributed by atoms with Crippen LogP contribution < -0.4 is 20.5 Å². The predicted octanol–water partition coefficient (Wildman–Crippen LogP) is 1.52. The Morgan fingerprint density at radius 1 is 1.33 bits per heavy atom. The van der Waals surface area contributed by atoms with E-state index in [-0.39, 0.29) is 12.6 Å². The second kappa shape index (κ2) is 5.58. The molecule has 108 valence electrons. The van der Waals surface area contributed by atoms with Gasteiger partial charge in [-0.15, -0.1) is 0 Å². The summed E-state index contributed by atoms with van der Waals surface area (Å²) in [5.41, 5.74) is 7.77. The molecule has 0 saturated heterocycles. The summed E-state index contributed by atoms with van der Waals surface area (Å²) in [5.74, 6) is 1.43. The van der Waals surface area contributed by atoms with Gasteiger partial charge in [0.1, 0.15) is 5.69 Å². The summed E-state index contributed by atoms with van der Waals surface area (Å²) in [6.07, 6.45) is 1.59. The number of benzene rings is 1. The van der Waals surface area contributed by atoms with Gasteiger partial charge in [-0.05, 0) is 18.2 Å². The highest BCUT2D eigenvalue weighted by atomic mass is 16.7. The fourth-order valence-electron chi connectivity index (χ4n) is 2.06. The molecular formula is C14H14N4O3. The first-order valence-corrected chi connectivity index (χ1v) is 6.33. The number of hydrogen-bond acceptors (Lipinski definition) is 6. The van der Waals surface area contributed by atoms with Crippen molar-refractivity contribution in [3.8, 4) is 11.5 Å². The number of amidine groups is 1. The number of ether oxygens (including phenoxy) is 2. The number of hydrogen-bond donors (Lipinski definition) is 3. The van der Waals surface area contributed by atoms with Crippen LogP contribution in [0.4, 0.5) is 5.69 Å². The first kappa shape index (κ1) is 13.0. The zero-order valence-electron chi connectivity index (χ0n) is 11.1. The number of aromatic nitrogens is 1. The van der Waals surface area contributed by atoms with Gasteiger partial charge < -0.3 is 25.7 Å². The van der Waals surface area contributed by atoms with Gasteiger partial charge in [0.2, 0.25) is 6.79 Å². The first-order chi connectivity index (χ1) is 10.3. The Morgan fingerprint density at radius 2 is 2.19 bits per heavy atom. The molecule has 1 aliphatic rings. The van der Waals surface area contributed by atoms with E-state index in [1.165, 1.54) is 0 Å². The van der Waals surface area contributed by atoms with Crippen molar-refractivity contribution in [2.75, 3.05) is 12.1 Å². The largest absolute Gasteiger partial charge is 0.454 e. The summed E-state index contributed by atoms with van der Waals surface area (Å²) in [5, 5.41) is 15.0. The van der Waals surface area contributed by atoms with Crippen molar-refractivity contribution >= 4 is 11.5 Å².